The Morgan fingerprint density at radius 3 is 1.45 bits per heavy atom. The summed E-state index contributed by atoms with van der Waals surface area (Å²) in [4.78, 5) is 0. The van der Waals surface area contributed by atoms with E-state index in [0.29, 0.717) is 0 Å². The van der Waals surface area contributed by atoms with Gasteiger partial charge in [0.2, 0.25) is 0 Å². The van der Waals surface area contributed by atoms with E-state index in [4.69, 9.17) is 9.47 Å². The van der Waals surface area contributed by atoms with Crippen LogP contribution in [0.2, 0.25) is 0 Å². The van der Waals surface area contributed by atoms with Crippen molar-refractivity contribution in [2.45, 2.75) is 20.1 Å². The molecule has 0 amide bonds. The van der Waals surface area contributed by atoms with Gasteiger partial charge < -0.3 is 0 Å². The fourth-order valence-electron chi connectivity index (χ4n) is 4.43. The number of allylic oxidation sites excluding steroid dienone is 5. The van der Waals surface area contributed by atoms with Gasteiger partial charge in [0.05, 0.1) is 0 Å². The van der Waals surface area contributed by atoms with Crippen LogP contribution in [0.5, 0.6) is 0 Å². The molecule has 2 nitrogen and oxygen atoms in total. The van der Waals surface area contributed by atoms with Crippen molar-refractivity contribution >= 4 is 23.2 Å². The Balaban J connectivity index is 2.03. The Hall–Kier alpha value is -2.77. The van der Waals surface area contributed by atoms with Gasteiger partial charge >= 0.3 is 200 Å². The van der Waals surface area contributed by atoms with Crippen LogP contribution in [0.15, 0.2) is 126 Å². The van der Waals surface area contributed by atoms with E-state index in [-0.39, 0.29) is 6.29 Å². The molecule has 3 aromatic rings. The van der Waals surface area contributed by atoms with Crippen LogP contribution in [0, 0.1) is 0 Å². The number of ether oxygens (including phenoxy) is 2. The molecule has 0 aromatic heterocycles. The van der Waals surface area contributed by atoms with Gasteiger partial charge in [-0.05, 0) is 0 Å². The summed E-state index contributed by atoms with van der Waals surface area (Å²) in [5.41, 5.74) is 2.39. The predicted octanol–water partition coefficient (Wildman–Crippen LogP) is 5.78. The first-order chi connectivity index (χ1) is 16.1. The van der Waals surface area contributed by atoms with Crippen molar-refractivity contribution in [1.29, 1.82) is 0 Å². The normalized spacial score (nSPS) is 13.6. The summed E-state index contributed by atoms with van der Waals surface area (Å²) in [5, 5.41) is 4.29. The van der Waals surface area contributed by atoms with E-state index in [1.54, 1.807) is 14.2 Å². The standard InChI is InChI=1S/C30H35O2P/c1-25(16-14-15-17-26(2)30(31-3)32-4)24-33(27-18-8-5-9-19-27,28-20-10-6-11-21-28)29-22-12-7-13-23-29/h5-23,30,33H,24H2,1-4H3/b15-14+,25-16+,26-17+. The summed E-state index contributed by atoms with van der Waals surface area (Å²) in [6.07, 6.45) is 9.14. The van der Waals surface area contributed by atoms with E-state index >= 15 is 0 Å². The first-order valence-corrected chi connectivity index (χ1v) is 13.6. The third-order valence-electron chi connectivity index (χ3n) is 5.99. The Bertz CT molecular complexity index is 969. The van der Waals surface area contributed by atoms with Gasteiger partial charge in [0.15, 0.2) is 0 Å². The third-order valence-corrected chi connectivity index (χ3v) is 11.0. The second-order valence-electron chi connectivity index (χ2n) is 8.29. The topological polar surface area (TPSA) is 18.5 Å². The molecule has 0 fully saturated rings. The number of rotatable bonds is 10. The van der Waals surface area contributed by atoms with Crippen molar-refractivity contribution in [3.05, 3.63) is 126 Å². The van der Waals surface area contributed by atoms with Gasteiger partial charge in [-0.2, -0.15) is 0 Å². The Labute approximate surface area is 199 Å². The predicted molar refractivity (Wildman–Crippen MR) is 146 cm³/mol. The van der Waals surface area contributed by atoms with Gasteiger partial charge in [-0.25, -0.2) is 0 Å². The first kappa shape index (κ1) is 24.9. The fourth-order valence-corrected chi connectivity index (χ4v) is 9.28. The van der Waals surface area contributed by atoms with E-state index in [2.05, 4.69) is 116 Å². The molecule has 3 aromatic carbocycles. The van der Waals surface area contributed by atoms with Crippen molar-refractivity contribution in [3.63, 3.8) is 0 Å². The van der Waals surface area contributed by atoms with Crippen molar-refractivity contribution < 1.29 is 9.47 Å². The molecular formula is C30H35O2P. The minimum absolute atomic E-state index is 0.311. The molecule has 0 aliphatic carbocycles. The molecule has 33 heavy (non-hydrogen) atoms. The molecule has 3 heteroatoms. The molecule has 0 saturated carbocycles. The van der Waals surface area contributed by atoms with Gasteiger partial charge in [0.1, 0.15) is 0 Å². The second-order valence-corrected chi connectivity index (χ2v) is 12.2. The fraction of sp³-hybridized carbons (Fsp3) is 0.200. The quantitative estimate of drug-likeness (QED) is 0.218. The second kappa shape index (κ2) is 12.5. The number of benzene rings is 3. The molecule has 0 saturated heterocycles. The molecular weight excluding hydrogens is 423 g/mol. The van der Waals surface area contributed by atoms with Gasteiger partial charge in [-0.15, -0.1) is 0 Å². The summed E-state index contributed by atoms with van der Waals surface area (Å²) >= 11 is 0. The monoisotopic (exact) mass is 458 g/mol. The van der Waals surface area contributed by atoms with E-state index in [1.165, 1.54) is 21.5 Å². The van der Waals surface area contributed by atoms with E-state index in [0.717, 1.165) is 11.7 Å². The summed E-state index contributed by atoms with van der Waals surface area (Å²) in [5.74, 6) is 0. The number of hydrogen-bond acceptors (Lipinski definition) is 2. The zero-order valence-electron chi connectivity index (χ0n) is 20.1. The summed E-state index contributed by atoms with van der Waals surface area (Å²) in [7, 11) is 1.05. The van der Waals surface area contributed by atoms with E-state index in [9.17, 15) is 0 Å². The number of hydrogen-bond donors (Lipinski definition) is 0. The van der Waals surface area contributed by atoms with Gasteiger partial charge in [0, 0.05) is 0 Å². The average Bonchev–Trinajstić information content (AvgIpc) is 2.87. The molecule has 0 N–H and O–H groups in total. The van der Waals surface area contributed by atoms with Gasteiger partial charge in [-0.3, -0.25) is 0 Å². The average molecular weight is 459 g/mol. The van der Waals surface area contributed by atoms with Gasteiger partial charge in [0.25, 0.3) is 0 Å². The van der Waals surface area contributed by atoms with E-state index in [1.807, 2.05) is 13.0 Å². The van der Waals surface area contributed by atoms with Gasteiger partial charge in [-0.1, -0.05) is 0 Å². The Kier molecular flexibility index (Phi) is 9.39. The molecule has 0 aliphatic heterocycles. The zero-order chi connectivity index (χ0) is 23.5. The molecule has 0 radical (unpaired) electrons. The molecule has 3 rings (SSSR count). The van der Waals surface area contributed by atoms with Crippen molar-refractivity contribution in [3.8, 4) is 0 Å². The molecule has 172 valence electrons. The van der Waals surface area contributed by atoms with Crippen molar-refractivity contribution in [1.82, 2.24) is 0 Å². The molecule has 0 heterocycles. The number of methoxy groups -OCH3 is 2. The van der Waals surface area contributed by atoms with Crippen LogP contribution in [0.3, 0.4) is 0 Å². The van der Waals surface area contributed by atoms with Crippen LogP contribution in [-0.2, 0) is 9.47 Å². The molecule has 0 atom stereocenters. The van der Waals surface area contributed by atoms with Crippen molar-refractivity contribution in [2.24, 2.45) is 0 Å². The maximum absolute atomic E-state index is 5.32. The van der Waals surface area contributed by atoms with Crippen molar-refractivity contribution in [2.75, 3.05) is 20.4 Å². The van der Waals surface area contributed by atoms with Crippen LogP contribution in [0.25, 0.3) is 0 Å². The van der Waals surface area contributed by atoms with Crippen LogP contribution in [0.4, 0.5) is 0 Å². The summed E-state index contributed by atoms with van der Waals surface area (Å²) in [6, 6.07) is 33.1. The van der Waals surface area contributed by atoms with Crippen LogP contribution >= 0.6 is 7.26 Å². The Morgan fingerprint density at radius 1 is 0.667 bits per heavy atom. The van der Waals surface area contributed by atoms with Crippen LogP contribution in [-0.4, -0.2) is 26.7 Å². The van der Waals surface area contributed by atoms with Crippen LogP contribution < -0.4 is 15.9 Å². The Morgan fingerprint density at radius 2 is 1.06 bits per heavy atom. The molecule has 0 unspecified atom stereocenters. The molecule has 0 spiro atoms. The first-order valence-electron chi connectivity index (χ1n) is 11.3. The minimum atomic E-state index is -2.26. The summed E-state index contributed by atoms with van der Waals surface area (Å²) < 4.78 is 10.6. The van der Waals surface area contributed by atoms with Crippen LogP contribution in [0.1, 0.15) is 13.8 Å². The SMILES string of the molecule is COC(OC)/C(C)=C/C=C/C=C(\C)C[PH](c1ccccc1)(c1ccccc1)c1ccccc1. The summed E-state index contributed by atoms with van der Waals surface area (Å²) in [6.45, 7) is 4.25. The maximum atomic E-state index is 5.32. The van der Waals surface area contributed by atoms with E-state index < -0.39 is 7.26 Å². The molecule has 0 bridgehead atoms. The third kappa shape index (κ3) is 6.18. The zero-order valence-corrected chi connectivity index (χ0v) is 21.1. The molecule has 0 aliphatic rings.